The number of nitrogens with zero attached hydrogens (tertiary/aromatic N) is 2. The zero-order chi connectivity index (χ0) is 21.9. The van der Waals surface area contributed by atoms with Crippen molar-refractivity contribution in [3.63, 3.8) is 0 Å². The summed E-state index contributed by atoms with van der Waals surface area (Å²) in [5.41, 5.74) is 4.52. The van der Waals surface area contributed by atoms with Gasteiger partial charge in [-0.3, -0.25) is 4.79 Å². The lowest BCUT2D eigenvalue weighted by Crippen LogP contribution is -2.29. The minimum Gasteiger partial charge on any atom is -0.496 e. The summed E-state index contributed by atoms with van der Waals surface area (Å²) in [6.07, 6.45) is 5.26. The largest absolute Gasteiger partial charge is 0.496 e. The molecule has 5 heteroatoms. The molecule has 4 aromatic rings. The lowest BCUT2D eigenvalue weighted by atomic mass is 10.0. The van der Waals surface area contributed by atoms with E-state index in [0.717, 1.165) is 46.4 Å². The fourth-order valence-corrected chi connectivity index (χ4v) is 4.25. The number of methoxy groups -OCH3 is 1. The van der Waals surface area contributed by atoms with Crippen molar-refractivity contribution < 1.29 is 13.9 Å². The highest BCUT2D eigenvalue weighted by atomic mass is 16.5. The number of para-hydroxylation sites is 1. The lowest BCUT2D eigenvalue weighted by molar-refractivity contribution is -0.127. The number of likely N-dealkylation sites (tertiary alicyclic amines) is 1. The fraction of sp³-hybridized carbons (Fsp3) is 0.185. The Bertz CT molecular complexity index is 1280. The molecule has 1 aliphatic heterocycles. The number of ether oxygens (including phenoxy) is 1. The van der Waals surface area contributed by atoms with Crippen LogP contribution in [0.4, 0.5) is 0 Å². The van der Waals surface area contributed by atoms with Crippen molar-refractivity contribution in [1.29, 1.82) is 0 Å². The van der Waals surface area contributed by atoms with Gasteiger partial charge >= 0.3 is 0 Å². The molecule has 1 saturated heterocycles. The van der Waals surface area contributed by atoms with E-state index in [0.29, 0.717) is 12.4 Å². The third kappa shape index (κ3) is 3.89. The smallest absolute Gasteiger partial charge is 0.247 e. The van der Waals surface area contributed by atoms with E-state index < -0.39 is 0 Å². The van der Waals surface area contributed by atoms with Gasteiger partial charge in [0.2, 0.25) is 11.8 Å². The summed E-state index contributed by atoms with van der Waals surface area (Å²) in [6, 6.07) is 23.5. The highest BCUT2D eigenvalue weighted by Gasteiger charge is 2.32. The van der Waals surface area contributed by atoms with Crippen LogP contribution in [-0.4, -0.2) is 29.4 Å². The van der Waals surface area contributed by atoms with Gasteiger partial charge in [-0.15, -0.1) is 0 Å². The van der Waals surface area contributed by atoms with Crippen LogP contribution in [0, 0.1) is 0 Å². The maximum Gasteiger partial charge on any atom is 0.247 e. The molecule has 0 aliphatic carbocycles. The first-order chi connectivity index (χ1) is 15.7. The van der Waals surface area contributed by atoms with Crippen LogP contribution in [0.1, 0.15) is 30.3 Å². The number of hydrogen-bond donors (Lipinski definition) is 0. The number of carbonyl (C=O) groups is 1. The van der Waals surface area contributed by atoms with E-state index in [1.165, 1.54) is 0 Å². The van der Waals surface area contributed by atoms with Crippen LogP contribution in [0.5, 0.6) is 5.75 Å². The summed E-state index contributed by atoms with van der Waals surface area (Å²) in [6.45, 7) is 0.702. The molecule has 1 aromatic heterocycles. The average Bonchev–Trinajstić information content (AvgIpc) is 3.49. The maximum atomic E-state index is 12.9. The monoisotopic (exact) mass is 424 g/mol. The Hall–Kier alpha value is -3.86. The van der Waals surface area contributed by atoms with Crippen LogP contribution in [0.25, 0.3) is 28.3 Å². The van der Waals surface area contributed by atoms with Gasteiger partial charge in [0, 0.05) is 18.2 Å². The SMILES string of the molecule is COc1ccccc1-c1ccc2oc(C3CCCN3C(=O)/C=C/c3ccccc3)nc2c1. The quantitative estimate of drug-likeness (QED) is 0.375. The number of rotatable bonds is 5. The summed E-state index contributed by atoms with van der Waals surface area (Å²) < 4.78 is 11.6. The molecular formula is C27H24N2O3. The van der Waals surface area contributed by atoms with Crippen molar-refractivity contribution in [2.24, 2.45) is 0 Å². The zero-order valence-corrected chi connectivity index (χ0v) is 17.9. The first-order valence-electron chi connectivity index (χ1n) is 10.8. The average molecular weight is 425 g/mol. The van der Waals surface area contributed by atoms with E-state index in [4.69, 9.17) is 14.1 Å². The summed E-state index contributed by atoms with van der Waals surface area (Å²) in [4.78, 5) is 19.5. The van der Waals surface area contributed by atoms with E-state index in [9.17, 15) is 4.79 Å². The Morgan fingerprint density at radius 2 is 1.91 bits per heavy atom. The number of hydrogen-bond acceptors (Lipinski definition) is 4. The summed E-state index contributed by atoms with van der Waals surface area (Å²) >= 11 is 0. The van der Waals surface area contributed by atoms with Gasteiger partial charge < -0.3 is 14.1 Å². The minimum atomic E-state index is -0.148. The molecule has 0 N–H and O–H groups in total. The van der Waals surface area contributed by atoms with Gasteiger partial charge in [0.15, 0.2) is 5.58 Å². The predicted molar refractivity (Wildman–Crippen MR) is 125 cm³/mol. The van der Waals surface area contributed by atoms with Gasteiger partial charge in [-0.2, -0.15) is 0 Å². The third-order valence-electron chi connectivity index (χ3n) is 5.86. The van der Waals surface area contributed by atoms with Crippen LogP contribution >= 0.6 is 0 Å². The van der Waals surface area contributed by atoms with Crippen LogP contribution in [0.15, 0.2) is 83.3 Å². The highest BCUT2D eigenvalue weighted by molar-refractivity contribution is 5.92. The topological polar surface area (TPSA) is 55.6 Å². The molecule has 0 saturated carbocycles. The molecule has 1 fully saturated rings. The second-order valence-corrected chi connectivity index (χ2v) is 7.87. The molecule has 1 amide bonds. The van der Waals surface area contributed by atoms with Crippen molar-refractivity contribution in [1.82, 2.24) is 9.88 Å². The summed E-state index contributed by atoms with van der Waals surface area (Å²) in [5.74, 6) is 1.39. The van der Waals surface area contributed by atoms with Crippen molar-refractivity contribution in [3.8, 4) is 16.9 Å². The maximum absolute atomic E-state index is 12.9. The molecular weight excluding hydrogens is 400 g/mol. The minimum absolute atomic E-state index is 0.0201. The van der Waals surface area contributed by atoms with Gasteiger partial charge in [0.05, 0.1) is 7.11 Å². The zero-order valence-electron chi connectivity index (χ0n) is 17.9. The second-order valence-electron chi connectivity index (χ2n) is 7.87. The van der Waals surface area contributed by atoms with Crippen molar-refractivity contribution >= 4 is 23.1 Å². The third-order valence-corrected chi connectivity index (χ3v) is 5.86. The van der Waals surface area contributed by atoms with E-state index >= 15 is 0 Å². The Kier molecular flexibility index (Phi) is 5.46. The number of carbonyl (C=O) groups excluding carboxylic acids is 1. The first-order valence-corrected chi connectivity index (χ1v) is 10.8. The Balaban J connectivity index is 1.41. The Labute approximate surface area is 187 Å². The molecule has 2 heterocycles. The Morgan fingerprint density at radius 3 is 2.75 bits per heavy atom. The van der Waals surface area contributed by atoms with Crippen LogP contribution in [0.2, 0.25) is 0 Å². The highest BCUT2D eigenvalue weighted by Crippen LogP contribution is 2.36. The van der Waals surface area contributed by atoms with Crippen molar-refractivity contribution in [2.45, 2.75) is 18.9 Å². The molecule has 160 valence electrons. The predicted octanol–water partition coefficient (Wildman–Crippen LogP) is 5.88. The molecule has 1 atom stereocenters. The fourth-order valence-electron chi connectivity index (χ4n) is 4.25. The molecule has 0 spiro atoms. The van der Waals surface area contributed by atoms with Gasteiger partial charge in [0.1, 0.15) is 17.3 Å². The molecule has 32 heavy (non-hydrogen) atoms. The number of benzene rings is 3. The normalized spacial score (nSPS) is 16.2. The molecule has 1 aliphatic rings. The second kappa shape index (κ2) is 8.71. The van der Waals surface area contributed by atoms with E-state index in [1.807, 2.05) is 83.8 Å². The van der Waals surface area contributed by atoms with E-state index in [-0.39, 0.29) is 11.9 Å². The number of oxazole rings is 1. The van der Waals surface area contributed by atoms with E-state index in [2.05, 4.69) is 0 Å². The van der Waals surface area contributed by atoms with Gasteiger partial charge in [-0.05, 0) is 48.2 Å². The van der Waals surface area contributed by atoms with E-state index in [1.54, 1.807) is 13.2 Å². The molecule has 0 radical (unpaired) electrons. The number of fused-ring (bicyclic) bond motifs is 1. The van der Waals surface area contributed by atoms with Crippen LogP contribution in [-0.2, 0) is 4.79 Å². The molecule has 3 aromatic carbocycles. The Morgan fingerprint density at radius 1 is 1.09 bits per heavy atom. The van der Waals surface area contributed by atoms with Crippen molar-refractivity contribution in [2.75, 3.05) is 13.7 Å². The summed E-state index contributed by atoms with van der Waals surface area (Å²) in [7, 11) is 1.67. The van der Waals surface area contributed by atoms with Crippen LogP contribution in [0.3, 0.4) is 0 Å². The van der Waals surface area contributed by atoms with Gasteiger partial charge in [-0.25, -0.2) is 4.98 Å². The van der Waals surface area contributed by atoms with Crippen molar-refractivity contribution in [3.05, 3.63) is 90.3 Å². The summed E-state index contributed by atoms with van der Waals surface area (Å²) in [5, 5.41) is 0. The lowest BCUT2D eigenvalue weighted by Gasteiger charge is -2.20. The standard InChI is InChI=1S/C27H24N2O3/c1-31-24-12-6-5-10-21(24)20-14-15-25-22(18-20)28-27(32-25)23-11-7-17-29(23)26(30)16-13-19-8-3-2-4-9-19/h2-6,8-10,12-16,18,23H,7,11,17H2,1H3/b16-13+. The molecule has 1 unspecified atom stereocenters. The molecule has 5 nitrogen and oxygen atoms in total. The molecule has 0 bridgehead atoms. The molecule has 5 rings (SSSR count). The van der Waals surface area contributed by atoms with Gasteiger partial charge in [-0.1, -0.05) is 54.6 Å². The number of aromatic nitrogens is 1. The number of amides is 1. The first kappa shape index (κ1) is 20.1. The van der Waals surface area contributed by atoms with Crippen LogP contribution < -0.4 is 4.74 Å². The van der Waals surface area contributed by atoms with Gasteiger partial charge in [0.25, 0.3) is 0 Å².